The molecule has 0 radical (unpaired) electrons. The van der Waals surface area contributed by atoms with Crippen LogP contribution in [0.5, 0.6) is 0 Å². The molecule has 0 fully saturated rings. The summed E-state index contributed by atoms with van der Waals surface area (Å²) in [5.41, 5.74) is 1.95. The number of anilines is 1. The van der Waals surface area contributed by atoms with Gasteiger partial charge in [0.1, 0.15) is 17.9 Å². The maximum Gasteiger partial charge on any atom is 0.328 e. The Bertz CT molecular complexity index is 1310. The predicted molar refractivity (Wildman–Crippen MR) is 235 cm³/mol. The summed E-state index contributed by atoms with van der Waals surface area (Å²) < 4.78 is 18.5. The molecule has 0 aliphatic carbocycles. The van der Waals surface area contributed by atoms with Gasteiger partial charge in [-0.2, -0.15) is 0 Å². The summed E-state index contributed by atoms with van der Waals surface area (Å²) in [4.78, 5) is 52.3. The van der Waals surface area contributed by atoms with Gasteiger partial charge in [-0.15, -0.1) is 0 Å². The Labute approximate surface area is 350 Å². The number of halogens is 1. The second kappa shape index (κ2) is 38.5. The van der Waals surface area contributed by atoms with Crippen molar-refractivity contribution in [2.24, 2.45) is 0 Å². The monoisotopic (exact) mass is 819 g/mol. The van der Waals surface area contributed by atoms with Gasteiger partial charge >= 0.3 is 5.97 Å². The van der Waals surface area contributed by atoms with Gasteiger partial charge in [0.2, 0.25) is 17.7 Å². The minimum atomic E-state index is -1.13. The van der Waals surface area contributed by atoms with E-state index >= 15 is 0 Å². The molecule has 0 saturated carbocycles. The van der Waals surface area contributed by atoms with E-state index in [9.17, 15) is 33.8 Å². The van der Waals surface area contributed by atoms with E-state index < -0.39 is 35.7 Å². The molecule has 3 amide bonds. The number of carbonyl (C=O) groups is 4. The average Bonchev–Trinajstić information content (AvgIpc) is 3.23. The van der Waals surface area contributed by atoms with Crippen LogP contribution in [0.15, 0.2) is 48.5 Å². The quantitative estimate of drug-likeness (QED) is 0.0475. The van der Waals surface area contributed by atoms with Crippen LogP contribution < -0.4 is 20.9 Å². The Kier molecular flexibility index (Phi) is 37.2. The fraction of sp³-hybridized carbons (Fsp3) is 0.652. The van der Waals surface area contributed by atoms with Crippen molar-refractivity contribution in [3.8, 4) is 0 Å². The Hall–Kier alpha value is -4.03. The highest BCUT2D eigenvalue weighted by Crippen LogP contribution is 2.18. The van der Waals surface area contributed by atoms with Gasteiger partial charge in [-0.3, -0.25) is 14.4 Å². The number of hydrogen-bond acceptors (Lipinski definition) is 8. The second-order valence-corrected chi connectivity index (χ2v) is 13.7. The normalized spacial score (nSPS) is 11.2. The van der Waals surface area contributed by atoms with Crippen molar-refractivity contribution in [1.82, 2.24) is 16.0 Å². The first-order valence-corrected chi connectivity index (χ1v) is 21.9. The smallest absolute Gasteiger partial charge is 0.328 e. The number of rotatable bonds is 26. The van der Waals surface area contributed by atoms with E-state index in [0.29, 0.717) is 16.8 Å². The molecule has 0 spiro atoms. The molecule has 2 aromatic carbocycles. The number of unbranched alkanes of at least 4 members (excludes halogenated alkanes) is 9. The van der Waals surface area contributed by atoms with Crippen LogP contribution in [0.1, 0.15) is 144 Å². The van der Waals surface area contributed by atoms with E-state index in [1.54, 1.807) is 43.0 Å². The summed E-state index contributed by atoms with van der Waals surface area (Å²) in [6, 6.07) is 10.3. The summed E-state index contributed by atoms with van der Waals surface area (Å²) >= 11 is 0. The molecule has 332 valence electrons. The summed E-state index contributed by atoms with van der Waals surface area (Å²) in [7, 11) is 0. The number of aliphatic hydroxyl groups excluding tert-OH is 2. The van der Waals surface area contributed by atoms with Gasteiger partial charge < -0.3 is 35.8 Å². The summed E-state index contributed by atoms with van der Waals surface area (Å²) in [5, 5.41) is 26.5. The van der Waals surface area contributed by atoms with Crippen molar-refractivity contribution in [2.75, 3.05) is 44.4 Å². The lowest BCUT2D eigenvalue weighted by atomic mass is 10.0. The van der Waals surface area contributed by atoms with Crippen molar-refractivity contribution in [3.63, 3.8) is 0 Å². The van der Waals surface area contributed by atoms with Gasteiger partial charge in [0.15, 0.2) is 0 Å². The van der Waals surface area contributed by atoms with Crippen molar-refractivity contribution in [1.29, 1.82) is 0 Å². The summed E-state index contributed by atoms with van der Waals surface area (Å²) in [5.74, 6) is -2.72. The Morgan fingerprint density at radius 1 is 0.672 bits per heavy atom. The number of nitrogens with one attached hydrogen (secondary N) is 3. The third-order valence-electron chi connectivity index (χ3n) is 8.82. The van der Waals surface area contributed by atoms with E-state index in [-0.39, 0.29) is 64.6 Å². The first-order chi connectivity index (χ1) is 28.0. The van der Waals surface area contributed by atoms with Crippen LogP contribution in [-0.2, 0) is 36.8 Å². The molecule has 0 aliphatic rings. The van der Waals surface area contributed by atoms with Gasteiger partial charge in [0.05, 0.1) is 26.4 Å². The van der Waals surface area contributed by atoms with Crippen LogP contribution in [0.25, 0.3) is 0 Å². The molecule has 5 N–H and O–H groups in total. The Morgan fingerprint density at radius 2 is 1.21 bits per heavy atom. The van der Waals surface area contributed by atoms with Crippen LogP contribution >= 0.6 is 0 Å². The lowest BCUT2D eigenvalue weighted by Crippen LogP contribution is -2.54. The molecular weight excluding hydrogens is 740 g/mol. The number of esters is 1. The van der Waals surface area contributed by atoms with Crippen molar-refractivity contribution < 1.29 is 38.5 Å². The Balaban J connectivity index is 0. The Morgan fingerprint density at radius 3 is 1.69 bits per heavy atom. The van der Waals surface area contributed by atoms with Crippen LogP contribution in [0.4, 0.5) is 10.1 Å². The van der Waals surface area contributed by atoms with Crippen LogP contribution in [-0.4, -0.2) is 85.4 Å². The lowest BCUT2D eigenvalue weighted by molar-refractivity contribution is -0.147. The van der Waals surface area contributed by atoms with Gasteiger partial charge in [0.25, 0.3) is 0 Å². The van der Waals surface area contributed by atoms with Crippen LogP contribution in [0, 0.1) is 5.82 Å². The second-order valence-electron chi connectivity index (χ2n) is 13.7. The first-order valence-electron chi connectivity index (χ1n) is 21.9. The topological polar surface area (TPSA) is 157 Å². The van der Waals surface area contributed by atoms with E-state index in [1.807, 2.05) is 13.8 Å². The molecule has 2 atom stereocenters. The lowest BCUT2D eigenvalue weighted by Gasteiger charge is -2.25. The molecule has 0 aliphatic heterocycles. The number of carbonyl (C=O) groups excluding carboxylic acids is 4. The molecule has 0 saturated heterocycles. The minimum Gasteiger partial charge on any atom is -0.464 e. The minimum absolute atomic E-state index is 0.0326. The van der Waals surface area contributed by atoms with Gasteiger partial charge in [-0.25, -0.2) is 9.18 Å². The number of benzene rings is 2. The zero-order chi connectivity index (χ0) is 44.0. The SMILES string of the molecule is CC.CCCC.CCCCCCCCCCC.CCOC(=O)C(Cc1ccc(F)cc1)NC(=O)C(Cc1cccc(N(CCO)CCO)c1)NC(=O)CNC(=O)CC. The molecule has 0 heterocycles. The van der Waals surface area contributed by atoms with Crippen LogP contribution in [0.3, 0.4) is 0 Å². The van der Waals surface area contributed by atoms with E-state index in [0.717, 1.165) is 0 Å². The van der Waals surface area contributed by atoms with Crippen molar-refractivity contribution >= 4 is 29.4 Å². The number of hydrogen-bond donors (Lipinski definition) is 5. The van der Waals surface area contributed by atoms with E-state index in [2.05, 4.69) is 43.6 Å². The maximum absolute atomic E-state index is 13.5. The predicted octanol–water partition coefficient (Wildman–Crippen LogP) is 7.83. The van der Waals surface area contributed by atoms with Gasteiger partial charge in [-0.05, 0) is 42.3 Å². The largest absolute Gasteiger partial charge is 0.464 e. The zero-order valence-corrected chi connectivity index (χ0v) is 37.2. The summed E-state index contributed by atoms with van der Waals surface area (Å²) in [6.45, 7) is 16.2. The van der Waals surface area contributed by atoms with E-state index in [1.165, 1.54) is 94.9 Å². The van der Waals surface area contributed by atoms with Crippen molar-refractivity contribution in [3.05, 3.63) is 65.5 Å². The highest BCUT2D eigenvalue weighted by atomic mass is 19.1. The molecule has 58 heavy (non-hydrogen) atoms. The highest BCUT2D eigenvalue weighted by Gasteiger charge is 2.28. The fourth-order valence-electron chi connectivity index (χ4n) is 5.43. The number of aliphatic hydroxyl groups is 2. The number of nitrogens with zero attached hydrogens (tertiary/aromatic N) is 1. The molecule has 11 nitrogen and oxygen atoms in total. The molecule has 2 rings (SSSR count). The van der Waals surface area contributed by atoms with E-state index in [4.69, 9.17) is 4.74 Å². The van der Waals surface area contributed by atoms with Gasteiger partial charge in [-0.1, -0.05) is 143 Å². The molecular formula is C46H79FN4O7. The number of ether oxygens (including phenoxy) is 1. The van der Waals surface area contributed by atoms with Crippen molar-refractivity contribution in [2.45, 2.75) is 157 Å². The van der Waals surface area contributed by atoms with Crippen LogP contribution in [0.2, 0.25) is 0 Å². The van der Waals surface area contributed by atoms with Gasteiger partial charge in [0, 0.05) is 38.0 Å². The fourth-order valence-corrected chi connectivity index (χ4v) is 5.43. The third-order valence-corrected chi connectivity index (χ3v) is 8.82. The molecule has 2 aromatic rings. The summed E-state index contributed by atoms with van der Waals surface area (Å²) in [6.07, 6.45) is 15.8. The molecule has 2 unspecified atom stereocenters. The molecule has 0 aromatic heterocycles. The first kappa shape index (κ1) is 56.1. The maximum atomic E-state index is 13.5. The molecule has 0 bridgehead atoms. The number of amides is 3. The third kappa shape index (κ3) is 28.4. The average molecular weight is 819 g/mol. The highest BCUT2D eigenvalue weighted by molar-refractivity contribution is 5.92. The zero-order valence-electron chi connectivity index (χ0n) is 37.2. The molecule has 12 heteroatoms. The standard InChI is InChI=1S/C29H39FN4O7.C11H24.C4H10.C2H6/c1-3-26(37)31-19-27(38)32-24(18-21-6-5-7-23(16-21)34(12-14-35)13-15-36)28(39)33-25(29(40)41-4-2)17-20-8-10-22(30)11-9-20;1-3-5-7-9-11-10-8-6-4-2;1-3-4-2;1-2/h5-11,16,24-25,35-36H,3-4,12-15,17-19H2,1-2H3,(H,31,37)(H,32,38)(H,33,39);3-11H2,1-2H3;3-4H2,1-2H3;1-2H3.